The van der Waals surface area contributed by atoms with Gasteiger partial charge in [0.25, 0.3) is 0 Å². The molecule has 0 aliphatic carbocycles. The Hall–Kier alpha value is -1.49. The standard InChI is InChI=1S/C16H22F2N2O/c1-10-6-7-19-15(8-10)16(21)20(3)11(2)13-9-12(17)4-5-14(13)18/h4-5,9-11,15,19H,6-8H2,1-3H3. The molecular weight excluding hydrogens is 274 g/mol. The lowest BCUT2D eigenvalue weighted by Gasteiger charge is -2.33. The SMILES string of the molecule is CC1CCNC(C(=O)N(C)C(C)c2cc(F)ccc2F)C1. The number of hydrogen-bond donors (Lipinski definition) is 1. The average Bonchev–Trinajstić information content (AvgIpc) is 2.47. The summed E-state index contributed by atoms with van der Waals surface area (Å²) >= 11 is 0. The van der Waals surface area contributed by atoms with Crippen LogP contribution in [0.3, 0.4) is 0 Å². The summed E-state index contributed by atoms with van der Waals surface area (Å²) in [6.07, 6.45) is 1.84. The number of nitrogens with zero attached hydrogens (tertiary/aromatic N) is 1. The van der Waals surface area contributed by atoms with Crippen LogP contribution in [0.25, 0.3) is 0 Å². The van der Waals surface area contributed by atoms with Crippen LogP contribution in [0.2, 0.25) is 0 Å². The number of hydrogen-bond acceptors (Lipinski definition) is 2. The highest BCUT2D eigenvalue weighted by Crippen LogP contribution is 2.25. The fraction of sp³-hybridized carbons (Fsp3) is 0.562. The van der Waals surface area contributed by atoms with Crippen LogP contribution >= 0.6 is 0 Å². The van der Waals surface area contributed by atoms with Gasteiger partial charge in [0.15, 0.2) is 0 Å². The smallest absolute Gasteiger partial charge is 0.239 e. The number of rotatable bonds is 3. The molecule has 3 unspecified atom stereocenters. The summed E-state index contributed by atoms with van der Waals surface area (Å²) in [7, 11) is 1.64. The average molecular weight is 296 g/mol. The van der Waals surface area contributed by atoms with Crippen molar-refractivity contribution >= 4 is 5.91 Å². The second kappa shape index (κ2) is 6.52. The third kappa shape index (κ3) is 3.59. The van der Waals surface area contributed by atoms with Crippen molar-refractivity contribution in [3.63, 3.8) is 0 Å². The van der Waals surface area contributed by atoms with E-state index in [1.165, 1.54) is 4.90 Å². The van der Waals surface area contributed by atoms with E-state index in [-0.39, 0.29) is 17.5 Å². The predicted molar refractivity (Wildman–Crippen MR) is 77.7 cm³/mol. The first-order valence-corrected chi connectivity index (χ1v) is 7.35. The fourth-order valence-corrected chi connectivity index (χ4v) is 2.78. The Morgan fingerprint density at radius 3 is 2.81 bits per heavy atom. The second-order valence-corrected chi connectivity index (χ2v) is 5.93. The summed E-state index contributed by atoms with van der Waals surface area (Å²) in [6, 6.07) is 2.59. The minimum atomic E-state index is -0.507. The third-order valence-electron chi connectivity index (χ3n) is 4.30. The largest absolute Gasteiger partial charge is 0.338 e. The summed E-state index contributed by atoms with van der Waals surface area (Å²) in [5.41, 5.74) is 0.203. The Morgan fingerprint density at radius 1 is 1.43 bits per heavy atom. The second-order valence-electron chi connectivity index (χ2n) is 5.93. The van der Waals surface area contributed by atoms with Gasteiger partial charge < -0.3 is 10.2 Å². The van der Waals surface area contributed by atoms with Gasteiger partial charge >= 0.3 is 0 Å². The van der Waals surface area contributed by atoms with Gasteiger partial charge in [0.05, 0.1) is 12.1 Å². The van der Waals surface area contributed by atoms with Crippen molar-refractivity contribution in [2.24, 2.45) is 5.92 Å². The Morgan fingerprint density at radius 2 is 2.14 bits per heavy atom. The zero-order valence-electron chi connectivity index (χ0n) is 12.7. The van der Waals surface area contributed by atoms with Gasteiger partial charge in [0.1, 0.15) is 11.6 Å². The first kappa shape index (κ1) is 15.9. The summed E-state index contributed by atoms with van der Waals surface area (Å²) in [5.74, 6) is -0.565. The number of benzene rings is 1. The Kier molecular flexibility index (Phi) is 4.93. The highest BCUT2D eigenvalue weighted by Gasteiger charge is 2.30. The minimum absolute atomic E-state index is 0.0716. The van der Waals surface area contributed by atoms with Gasteiger partial charge in [-0.3, -0.25) is 4.79 Å². The first-order chi connectivity index (χ1) is 9.90. The number of nitrogens with one attached hydrogen (secondary N) is 1. The zero-order valence-corrected chi connectivity index (χ0v) is 12.7. The molecule has 0 spiro atoms. The van der Waals surface area contributed by atoms with Crippen molar-refractivity contribution in [1.82, 2.24) is 10.2 Å². The van der Waals surface area contributed by atoms with Crippen LogP contribution < -0.4 is 5.32 Å². The number of carbonyl (C=O) groups excluding carboxylic acids is 1. The molecule has 1 heterocycles. The highest BCUT2D eigenvalue weighted by molar-refractivity contribution is 5.82. The van der Waals surface area contributed by atoms with E-state index in [1.54, 1.807) is 14.0 Å². The molecule has 1 saturated heterocycles. The maximum atomic E-state index is 13.8. The van der Waals surface area contributed by atoms with E-state index in [0.29, 0.717) is 5.92 Å². The molecule has 0 bridgehead atoms. The van der Waals surface area contributed by atoms with Gasteiger partial charge in [-0.15, -0.1) is 0 Å². The molecule has 1 amide bonds. The highest BCUT2D eigenvalue weighted by atomic mass is 19.1. The van der Waals surface area contributed by atoms with Crippen LogP contribution in [0.4, 0.5) is 8.78 Å². The Labute approximate surface area is 124 Å². The summed E-state index contributed by atoms with van der Waals surface area (Å²) in [5, 5.41) is 3.20. The molecule has 1 fully saturated rings. The van der Waals surface area contributed by atoms with Crippen molar-refractivity contribution in [3.8, 4) is 0 Å². The van der Waals surface area contributed by atoms with Gasteiger partial charge in [0.2, 0.25) is 5.91 Å². The minimum Gasteiger partial charge on any atom is -0.338 e. The first-order valence-electron chi connectivity index (χ1n) is 7.35. The van der Waals surface area contributed by atoms with E-state index in [4.69, 9.17) is 0 Å². The zero-order chi connectivity index (χ0) is 15.6. The van der Waals surface area contributed by atoms with Crippen LogP contribution in [-0.2, 0) is 4.79 Å². The quantitative estimate of drug-likeness (QED) is 0.930. The molecule has 1 aliphatic heterocycles. The van der Waals surface area contributed by atoms with Crippen LogP contribution in [0.15, 0.2) is 18.2 Å². The lowest BCUT2D eigenvalue weighted by Crippen LogP contribution is -2.49. The number of likely N-dealkylation sites (N-methyl/N-ethyl adjacent to an activating group) is 1. The van der Waals surface area contributed by atoms with Crippen LogP contribution in [0.1, 0.15) is 38.3 Å². The number of carbonyl (C=O) groups is 1. The molecule has 0 saturated carbocycles. The normalized spacial score (nSPS) is 23.7. The third-order valence-corrected chi connectivity index (χ3v) is 4.30. The molecule has 0 radical (unpaired) electrons. The van der Waals surface area contributed by atoms with Gasteiger partial charge in [-0.05, 0) is 50.4 Å². The van der Waals surface area contributed by atoms with Gasteiger partial charge in [0, 0.05) is 12.6 Å². The molecule has 5 heteroatoms. The molecule has 1 aliphatic rings. The Bertz CT molecular complexity index is 521. The van der Waals surface area contributed by atoms with E-state index in [1.807, 2.05) is 0 Å². The molecule has 3 atom stereocenters. The fourth-order valence-electron chi connectivity index (χ4n) is 2.78. The van der Waals surface area contributed by atoms with E-state index in [9.17, 15) is 13.6 Å². The van der Waals surface area contributed by atoms with Crippen molar-refractivity contribution in [1.29, 1.82) is 0 Å². The van der Waals surface area contributed by atoms with Crippen LogP contribution in [0, 0.1) is 17.6 Å². The Balaban J connectivity index is 2.12. The maximum absolute atomic E-state index is 13.8. The van der Waals surface area contributed by atoms with E-state index < -0.39 is 17.7 Å². The van der Waals surface area contributed by atoms with Crippen molar-refractivity contribution in [2.75, 3.05) is 13.6 Å². The molecule has 2 rings (SSSR count). The monoisotopic (exact) mass is 296 g/mol. The molecule has 3 nitrogen and oxygen atoms in total. The van der Waals surface area contributed by atoms with Crippen LogP contribution in [0.5, 0.6) is 0 Å². The van der Waals surface area contributed by atoms with E-state index in [0.717, 1.165) is 37.6 Å². The topological polar surface area (TPSA) is 32.3 Å². The summed E-state index contributed by atoms with van der Waals surface area (Å²) in [4.78, 5) is 14.0. The van der Waals surface area contributed by atoms with E-state index >= 15 is 0 Å². The molecule has 1 aromatic rings. The van der Waals surface area contributed by atoms with Crippen molar-refractivity contribution in [3.05, 3.63) is 35.4 Å². The molecule has 0 aromatic heterocycles. The van der Waals surface area contributed by atoms with Gasteiger partial charge in [-0.25, -0.2) is 8.78 Å². The lowest BCUT2D eigenvalue weighted by atomic mass is 9.93. The van der Waals surface area contributed by atoms with Crippen LogP contribution in [-0.4, -0.2) is 30.4 Å². The van der Waals surface area contributed by atoms with Gasteiger partial charge in [-0.2, -0.15) is 0 Å². The summed E-state index contributed by atoms with van der Waals surface area (Å²) < 4.78 is 27.1. The van der Waals surface area contributed by atoms with Crippen molar-refractivity contribution in [2.45, 2.75) is 38.8 Å². The predicted octanol–water partition coefficient (Wildman–Crippen LogP) is 2.87. The van der Waals surface area contributed by atoms with Crippen molar-refractivity contribution < 1.29 is 13.6 Å². The van der Waals surface area contributed by atoms with Gasteiger partial charge in [-0.1, -0.05) is 6.92 Å². The maximum Gasteiger partial charge on any atom is 0.239 e. The molecule has 1 N–H and O–H groups in total. The molecule has 1 aromatic carbocycles. The molecular formula is C16H22F2N2O. The number of amides is 1. The lowest BCUT2D eigenvalue weighted by molar-refractivity contribution is -0.135. The molecule has 116 valence electrons. The molecule has 21 heavy (non-hydrogen) atoms. The van der Waals surface area contributed by atoms with E-state index in [2.05, 4.69) is 12.2 Å². The number of halogens is 2. The number of piperidine rings is 1. The summed E-state index contributed by atoms with van der Waals surface area (Å²) in [6.45, 7) is 4.65.